The van der Waals surface area contributed by atoms with E-state index >= 15 is 0 Å². The van der Waals surface area contributed by atoms with Crippen LogP contribution in [-0.4, -0.2) is 30.8 Å². The molecule has 0 amide bonds. The Morgan fingerprint density at radius 2 is 2.37 bits per heavy atom. The number of benzene rings is 1. The Kier molecular flexibility index (Phi) is 3.66. The number of methoxy groups -OCH3 is 1. The number of phenols is 1. The van der Waals surface area contributed by atoms with Crippen molar-refractivity contribution in [1.29, 1.82) is 0 Å². The summed E-state index contributed by atoms with van der Waals surface area (Å²) in [5.41, 5.74) is -0.287. The van der Waals surface area contributed by atoms with E-state index < -0.39 is 5.54 Å². The number of hydrogen-bond donors (Lipinski definition) is 2. The molecular weight excluding hydrogens is 246 g/mol. The molecule has 2 atom stereocenters. The average Bonchev–Trinajstić information content (AvgIpc) is 2.76. The van der Waals surface area contributed by atoms with Crippen LogP contribution in [0.1, 0.15) is 25.8 Å². The summed E-state index contributed by atoms with van der Waals surface area (Å²) in [4.78, 5) is 12.2. The standard InChI is InChI=1S/C14H19NO4/c1-4-9(2)15-14(13(17)18-3)8-19-12-7-10(16)5-6-11(12)14/h5-7,9,15-16H,4,8H2,1-3H3. The van der Waals surface area contributed by atoms with Gasteiger partial charge in [0.15, 0.2) is 5.54 Å². The Bertz CT molecular complexity index is 488. The van der Waals surface area contributed by atoms with Crippen molar-refractivity contribution in [2.75, 3.05) is 13.7 Å². The van der Waals surface area contributed by atoms with Gasteiger partial charge in [-0.25, -0.2) is 4.79 Å². The normalized spacial score (nSPS) is 22.5. The summed E-state index contributed by atoms with van der Waals surface area (Å²) >= 11 is 0. The number of nitrogens with one attached hydrogen (secondary N) is 1. The van der Waals surface area contributed by atoms with E-state index in [0.29, 0.717) is 11.3 Å². The third kappa shape index (κ3) is 2.26. The summed E-state index contributed by atoms with van der Waals surface area (Å²) in [6.45, 7) is 4.21. The number of carbonyl (C=O) groups is 1. The third-order valence-electron chi connectivity index (χ3n) is 3.51. The van der Waals surface area contributed by atoms with Crippen LogP contribution in [-0.2, 0) is 15.1 Å². The highest BCUT2D eigenvalue weighted by atomic mass is 16.5. The summed E-state index contributed by atoms with van der Waals surface area (Å²) in [5.74, 6) is 0.251. The average molecular weight is 265 g/mol. The highest BCUT2D eigenvalue weighted by molar-refractivity contribution is 5.85. The molecule has 0 bridgehead atoms. The fraction of sp³-hybridized carbons (Fsp3) is 0.500. The van der Waals surface area contributed by atoms with Gasteiger partial charge in [0.2, 0.25) is 0 Å². The molecule has 0 saturated heterocycles. The summed E-state index contributed by atoms with van der Waals surface area (Å²) in [6.07, 6.45) is 0.881. The highest BCUT2D eigenvalue weighted by Gasteiger charge is 2.49. The van der Waals surface area contributed by atoms with Crippen molar-refractivity contribution in [3.05, 3.63) is 23.8 Å². The van der Waals surface area contributed by atoms with Gasteiger partial charge in [-0.1, -0.05) is 6.92 Å². The van der Waals surface area contributed by atoms with E-state index in [1.54, 1.807) is 12.1 Å². The van der Waals surface area contributed by atoms with Gasteiger partial charge < -0.3 is 14.6 Å². The lowest BCUT2D eigenvalue weighted by Crippen LogP contribution is -2.54. The van der Waals surface area contributed by atoms with Gasteiger partial charge in [-0.15, -0.1) is 0 Å². The van der Waals surface area contributed by atoms with Crippen molar-refractivity contribution >= 4 is 5.97 Å². The lowest BCUT2D eigenvalue weighted by atomic mass is 9.90. The molecule has 0 spiro atoms. The summed E-state index contributed by atoms with van der Waals surface area (Å²) in [5, 5.41) is 12.8. The molecule has 1 aromatic rings. The Labute approximate surface area is 112 Å². The zero-order chi connectivity index (χ0) is 14.0. The quantitative estimate of drug-likeness (QED) is 0.808. The summed E-state index contributed by atoms with van der Waals surface area (Å²) in [7, 11) is 1.36. The second-order valence-electron chi connectivity index (χ2n) is 4.82. The molecule has 5 heteroatoms. The number of aromatic hydroxyl groups is 1. The van der Waals surface area contributed by atoms with Crippen molar-refractivity contribution in [1.82, 2.24) is 5.32 Å². The fourth-order valence-electron chi connectivity index (χ4n) is 2.29. The van der Waals surface area contributed by atoms with Crippen LogP contribution in [0.25, 0.3) is 0 Å². The van der Waals surface area contributed by atoms with E-state index in [0.717, 1.165) is 6.42 Å². The van der Waals surface area contributed by atoms with Gasteiger partial charge in [-0.3, -0.25) is 5.32 Å². The van der Waals surface area contributed by atoms with Crippen molar-refractivity contribution in [3.63, 3.8) is 0 Å². The lowest BCUT2D eigenvalue weighted by molar-refractivity contribution is -0.150. The number of phenolic OH excluding ortho intramolecular Hbond substituents is 1. The van der Waals surface area contributed by atoms with E-state index in [9.17, 15) is 9.90 Å². The molecule has 0 radical (unpaired) electrons. The highest BCUT2D eigenvalue weighted by Crippen LogP contribution is 2.40. The van der Waals surface area contributed by atoms with Crippen LogP contribution in [0.15, 0.2) is 18.2 Å². The third-order valence-corrected chi connectivity index (χ3v) is 3.51. The predicted octanol–water partition coefficient (Wildman–Crippen LogP) is 1.54. The van der Waals surface area contributed by atoms with Crippen LogP contribution in [0.3, 0.4) is 0 Å². The van der Waals surface area contributed by atoms with Crippen molar-refractivity contribution in [2.24, 2.45) is 0 Å². The predicted molar refractivity (Wildman–Crippen MR) is 70.2 cm³/mol. The first-order chi connectivity index (χ1) is 9.03. The number of rotatable bonds is 4. The second-order valence-corrected chi connectivity index (χ2v) is 4.82. The largest absolute Gasteiger partial charge is 0.508 e. The Balaban J connectivity index is 2.45. The topological polar surface area (TPSA) is 67.8 Å². The molecule has 1 heterocycles. The summed E-state index contributed by atoms with van der Waals surface area (Å²) < 4.78 is 10.5. The van der Waals surface area contributed by atoms with Gasteiger partial charge in [0.1, 0.15) is 18.1 Å². The molecule has 104 valence electrons. The van der Waals surface area contributed by atoms with E-state index in [4.69, 9.17) is 9.47 Å². The summed E-state index contributed by atoms with van der Waals surface area (Å²) in [6, 6.07) is 4.90. The molecule has 19 heavy (non-hydrogen) atoms. The van der Waals surface area contributed by atoms with Crippen molar-refractivity contribution < 1.29 is 19.4 Å². The van der Waals surface area contributed by atoms with Crippen LogP contribution in [0.2, 0.25) is 0 Å². The smallest absolute Gasteiger partial charge is 0.334 e. The Hall–Kier alpha value is -1.75. The first-order valence-electron chi connectivity index (χ1n) is 6.36. The first kappa shape index (κ1) is 13.7. The van der Waals surface area contributed by atoms with Gasteiger partial charge in [-0.2, -0.15) is 0 Å². The molecule has 1 aliphatic heterocycles. The van der Waals surface area contributed by atoms with E-state index in [1.165, 1.54) is 13.2 Å². The molecule has 0 aliphatic carbocycles. The van der Waals surface area contributed by atoms with Gasteiger partial charge in [-0.05, 0) is 25.5 Å². The van der Waals surface area contributed by atoms with Crippen LogP contribution in [0.5, 0.6) is 11.5 Å². The van der Waals surface area contributed by atoms with Crippen LogP contribution < -0.4 is 10.1 Å². The Morgan fingerprint density at radius 3 is 3.00 bits per heavy atom. The zero-order valence-electron chi connectivity index (χ0n) is 11.4. The lowest BCUT2D eigenvalue weighted by Gasteiger charge is -2.29. The van der Waals surface area contributed by atoms with E-state index in [1.807, 2.05) is 13.8 Å². The molecule has 0 saturated carbocycles. The minimum absolute atomic E-state index is 0.114. The maximum Gasteiger partial charge on any atom is 0.334 e. The van der Waals surface area contributed by atoms with Crippen LogP contribution >= 0.6 is 0 Å². The fourth-order valence-corrected chi connectivity index (χ4v) is 2.29. The van der Waals surface area contributed by atoms with Crippen LogP contribution in [0.4, 0.5) is 0 Å². The van der Waals surface area contributed by atoms with E-state index in [2.05, 4.69) is 5.32 Å². The SMILES string of the molecule is CCC(C)NC1(C(=O)OC)COc2cc(O)ccc21. The van der Waals surface area contributed by atoms with Crippen molar-refractivity contribution in [2.45, 2.75) is 31.8 Å². The molecule has 5 nitrogen and oxygen atoms in total. The number of ether oxygens (including phenoxy) is 2. The molecular formula is C14H19NO4. The molecule has 2 unspecified atom stereocenters. The molecule has 0 aromatic heterocycles. The van der Waals surface area contributed by atoms with Gasteiger partial charge in [0.05, 0.1) is 7.11 Å². The first-order valence-corrected chi connectivity index (χ1v) is 6.36. The Morgan fingerprint density at radius 1 is 1.63 bits per heavy atom. The molecule has 1 aromatic carbocycles. The molecule has 2 rings (SSSR count). The van der Waals surface area contributed by atoms with Gasteiger partial charge in [0.25, 0.3) is 0 Å². The number of hydrogen-bond acceptors (Lipinski definition) is 5. The molecule has 2 N–H and O–H groups in total. The number of esters is 1. The van der Waals surface area contributed by atoms with Crippen LogP contribution in [0, 0.1) is 0 Å². The minimum atomic E-state index is -0.993. The second kappa shape index (κ2) is 5.09. The van der Waals surface area contributed by atoms with Gasteiger partial charge in [0, 0.05) is 17.7 Å². The van der Waals surface area contributed by atoms with Gasteiger partial charge >= 0.3 is 5.97 Å². The van der Waals surface area contributed by atoms with E-state index in [-0.39, 0.29) is 24.4 Å². The van der Waals surface area contributed by atoms with Crippen molar-refractivity contribution in [3.8, 4) is 11.5 Å². The molecule has 1 aliphatic rings. The maximum atomic E-state index is 12.2. The number of carbonyl (C=O) groups excluding carboxylic acids is 1. The minimum Gasteiger partial charge on any atom is -0.508 e. The monoisotopic (exact) mass is 265 g/mol. The zero-order valence-corrected chi connectivity index (χ0v) is 11.4. The maximum absolute atomic E-state index is 12.2. The molecule has 0 fully saturated rings. The number of fused-ring (bicyclic) bond motifs is 1.